The largest absolute Gasteiger partial charge is 0.508 e. The van der Waals surface area contributed by atoms with Crippen molar-refractivity contribution in [3.05, 3.63) is 54.4 Å². The van der Waals surface area contributed by atoms with Crippen LogP contribution in [0.15, 0.2) is 53.8 Å². The number of aliphatic imine (C=N–C) groups is 1. The second-order valence-corrected chi connectivity index (χ2v) is 3.57. The van der Waals surface area contributed by atoms with Crippen LogP contribution >= 0.6 is 0 Å². The van der Waals surface area contributed by atoms with E-state index in [0.717, 1.165) is 11.3 Å². The molecular weight excluding hydrogens is 200 g/mol. The van der Waals surface area contributed by atoms with E-state index in [0.29, 0.717) is 0 Å². The fourth-order valence-electron chi connectivity index (χ4n) is 1.29. The van der Waals surface area contributed by atoms with Gasteiger partial charge < -0.3 is 5.11 Å². The van der Waals surface area contributed by atoms with Gasteiger partial charge in [-0.2, -0.15) is 0 Å². The summed E-state index contributed by atoms with van der Waals surface area (Å²) in [7, 11) is 1.97. The Balaban J connectivity index is 2.15. The van der Waals surface area contributed by atoms with E-state index < -0.39 is 0 Å². The van der Waals surface area contributed by atoms with Crippen molar-refractivity contribution in [3.63, 3.8) is 0 Å². The van der Waals surface area contributed by atoms with Gasteiger partial charge in [-0.25, -0.2) is 4.57 Å². The van der Waals surface area contributed by atoms with E-state index in [9.17, 15) is 0 Å². The minimum Gasteiger partial charge on any atom is -0.508 e. The smallest absolute Gasteiger partial charge is 0.169 e. The highest BCUT2D eigenvalue weighted by atomic mass is 16.3. The van der Waals surface area contributed by atoms with Crippen molar-refractivity contribution in [2.75, 3.05) is 0 Å². The van der Waals surface area contributed by atoms with Crippen LogP contribution in [-0.4, -0.2) is 11.3 Å². The normalized spacial score (nSPS) is 10.8. The lowest BCUT2D eigenvalue weighted by Crippen LogP contribution is -2.25. The Bertz CT molecular complexity index is 439. The van der Waals surface area contributed by atoms with Crippen molar-refractivity contribution in [2.24, 2.45) is 12.0 Å². The zero-order valence-corrected chi connectivity index (χ0v) is 9.04. The zero-order chi connectivity index (χ0) is 11.4. The Morgan fingerprint density at radius 3 is 2.31 bits per heavy atom. The fourth-order valence-corrected chi connectivity index (χ4v) is 1.29. The number of aromatic nitrogens is 1. The maximum Gasteiger partial charge on any atom is 0.169 e. The zero-order valence-electron chi connectivity index (χ0n) is 9.04. The molecular formula is C13H13N2O+. The molecule has 0 aliphatic rings. The molecule has 0 aliphatic heterocycles. The number of pyridine rings is 1. The van der Waals surface area contributed by atoms with Crippen LogP contribution < -0.4 is 4.57 Å². The van der Waals surface area contributed by atoms with Crippen LogP contribution in [0, 0.1) is 0 Å². The highest BCUT2D eigenvalue weighted by Crippen LogP contribution is 2.16. The third-order valence-electron chi connectivity index (χ3n) is 2.22. The van der Waals surface area contributed by atoms with E-state index in [2.05, 4.69) is 4.99 Å². The highest BCUT2D eigenvalue weighted by Gasteiger charge is 1.93. The maximum atomic E-state index is 9.12. The molecule has 80 valence electrons. The van der Waals surface area contributed by atoms with Gasteiger partial charge in [-0.15, -0.1) is 0 Å². The van der Waals surface area contributed by atoms with E-state index >= 15 is 0 Å². The van der Waals surface area contributed by atoms with Gasteiger partial charge in [0, 0.05) is 23.9 Å². The maximum absolute atomic E-state index is 9.12. The van der Waals surface area contributed by atoms with Gasteiger partial charge in [0.05, 0.1) is 5.69 Å². The summed E-state index contributed by atoms with van der Waals surface area (Å²) in [6.07, 6.45) is 5.74. The molecule has 1 heterocycles. The van der Waals surface area contributed by atoms with E-state index in [-0.39, 0.29) is 5.75 Å². The lowest BCUT2D eigenvalue weighted by atomic mass is 10.3. The summed E-state index contributed by atoms with van der Waals surface area (Å²) in [5.41, 5.74) is 1.87. The van der Waals surface area contributed by atoms with Gasteiger partial charge in [-0.1, -0.05) is 0 Å². The number of aryl methyl sites for hydroxylation is 1. The molecule has 0 bridgehead atoms. The van der Waals surface area contributed by atoms with Crippen molar-refractivity contribution in [1.82, 2.24) is 0 Å². The second kappa shape index (κ2) is 4.57. The van der Waals surface area contributed by atoms with Crippen LogP contribution in [0.5, 0.6) is 5.75 Å². The number of nitrogens with zero attached hydrogens (tertiary/aromatic N) is 2. The van der Waals surface area contributed by atoms with Gasteiger partial charge in [0.15, 0.2) is 12.4 Å². The summed E-state index contributed by atoms with van der Waals surface area (Å²) in [5.74, 6) is 0.255. The third kappa shape index (κ3) is 2.67. The summed E-state index contributed by atoms with van der Waals surface area (Å²) in [4.78, 5) is 4.30. The molecule has 2 aromatic rings. The predicted octanol–water partition coefficient (Wildman–Crippen LogP) is 1.97. The second-order valence-electron chi connectivity index (χ2n) is 3.57. The molecule has 3 nitrogen and oxygen atoms in total. The number of hydrogen-bond donors (Lipinski definition) is 1. The minimum atomic E-state index is 0.255. The van der Waals surface area contributed by atoms with Gasteiger partial charge in [0.2, 0.25) is 0 Å². The predicted molar refractivity (Wildman–Crippen MR) is 63.0 cm³/mol. The van der Waals surface area contributed by atoms with Gasteiger partial charge in [0.25, 0.3) is 0 Å². The van der Waals surface area contributed by atoms with Gasteiger partial charge in [-0.3, -0.25) is 4.99 Å². The molecule has 16 heavy (non-hydrogen) atoms. The third-order valence-corrected chi connectivity index (χ3v) is 2.22. The molecule has 0 radical (unpaired) electrons. The molecule has 0 amide bonds. The molecule has 1 N–H and O–H groups in total. The van der Waals surface area contributed by atoms with Gasteiger partial charge in [-0.05, 0) is 24.3 Å². The molecule has 0 fully saturated rings. The van der Waals surface area contributed by atoms with Crippen molar-refractivity contribution in [2.45, 2.75) is 0 Å². The SMILES string of the molecule is C[n+]1ccc(C=Nc2ccc(O)cc2)cc1. The van der Waals surface area contributed by atoms with Crippen LogP contribution in [0.4, 0.5) is 5.69 Å². The molecule has 0 aliphatic carbocycles. The molecule has 0 spiro atoms. The molecule has 1 aromatic carbocycles. The highest BCUT2D eigenvalue weighted by molar-refractivity contribution is 5.81. The Morgan fingerprint density at radius 2 is 1.69 bits per heavy atom. The molecule has 1 aromatic heterocycles. The topological polar surface area (TPSA) is 36.5 Å². The minimum absolute atomic E-state index is 0.255. The molecule has 0 atom stereocenters. The van der Waals surface area contributed by atoms with Crippen LogP contribution in [0.3, 0.4) is 0 Å². The summed E-state index contributed by atoms with van der Waals surface area (Å²) >= 11 is 0. The van der Waals surface area contributed by atoms with Gasteiger partial charge >= 0.3 is 0 Å². The molecule has 0 saturated heterocycles. The first kappa shape index (κ1) is 10.4. The average molecular weight is 213 g/mol. The van der Waals surface area contributed by atoms with Crippen LogP contribution in [0.1, 0.15) is 5.56 Å². The Labute approximate surface area is 94.3 Å². The quantitative estimate of drug-likeness (QED) is 0.601. The Hall–Kier alpha value is -2.16. The molecule has 2 rings (SSSR count). The van der Waals surface area contributed by atoms with Crippen molar-refractivity contribution >= 4 is 11.9 Å². The Morgan fingerprint density at radius 1 is 1.06 bits per heavy atom. The van der Waals surface area contributed by atoms with Crippen LogP contribution in [0.25, 0.3) is 0 Å². The number of phenolic OH excluding ortho intramolecular Hbond substituents is 1. The van der Waals surface area contributed by atoms with Crippen molar-refractivity contribution in [1.29, 1.82) is 0 Å². The van der Waals surface area contributed by atoms with Crippen LogP contribution in [0.2, 0.25) is 0 Å². The van der Waals surface area contributed by atoms with E-state index in [1.807, 2.05) is 36.1 Å². The first-order valence-corrected chi connectivity index (χ1v) is 5.02. The fraction of sp³-hybridized carbons (Fsp3) is 0.0769. The van der Waals surface area contributed by atoms with Crippen molar-refractivity contribution < 1.29 is 9.67 Å². The lowest BCUT2D eigenvalue weighted by molar-refractivity contribution is -0.671. The molecule has 0 saturated carbocycles. The standard InChI is InChI=1S/C13H12N2O/c1-15-8-6-11(7-9-15)10-14-12-2-4-13(16)5-3-12/h2-10H,1H3/p+1. The number of rotatable bonds is 2. The number of benzene rings is 1. The van der Waals surface area contributed by atoms with Crippen molar-refractivity contribution in [3.8, 4) is 5.75 Å². The summed E-state index contributed by atoms with van der Waals surface area (Å²) in [6, 6.07) is 10.8. The molecule has 0 unspecified atom stereocenters. The lowest BCUT2D eigenvalue weighted by Gasteiger charge is -1.94. The summed E-state index contributed by atoms with van der Waals surface area (Å²) in [6.45, 7) is 0. The monoisotopic (exact) mass is 213 g/mol. The average Bonchev–Trinajstić information content (AvgIpc) is 2.30. The van der Waals surface area contributed by atoms with Crippen LogP contribution in [-0.2, 0) is 7.05 Å². The number of aromatic hydroxyl groups is 1. The first-order valence-electron chi connectivity index (χ1n) is 5.02. The molecule has 3 heteroatoms. The summed E-state index contributed by atoms with van der Waals surface area (Å²) < 4.78 is 1.97. The van der Waals surface area contributed by atoms with E-state index in [1.165, 1.54) is 0 Å². The number of phenols is 1. The first-order chi connectivity index (χ1) is 7.74. The number of hydrogen-bond acceptors (Lipinski definition) is 2. The Kier molecular flexibility index (Phi) is 2.96. The van der Waals surface area contributed by atoms with Gasteiger partial charge in [0.1, 0.15) is 12.8 Å². The van der Waals surface area contributed by atoms with E-state index in [1.54, 1.807) is 30.5 Å². The van der Waals surface area contributed by atoms with E-state index in [4.69, 9.17) is 5.11 Å². The summed E-state index contributed by atoms with van der Waals surface area (Å²) in [5, 5.41) is 9.12.